The standard InChI is InChI=1S/C11H9N3O/c1-14-10(7-11(13-14)12-8-15)9-5-3-2-4-6-9/h2-7H,1H3. The zero-order valence-corrected chi connectivity index (χ0v) is 8.21. The zero-order chi connectivity index (χ0) is 10.7. The van der Waals surface area contributed by atoms with Crippen LogP contribution in [0.25, 0.3) is 11.3 Å². The summed E-state index contributed by atoms with van der Waals surface area (Å²) >= 11 is 0. The van der Waals surface area contributed by atoms with Crippen molar-refractivity contribution in [1.82, 2.24) is 9.78 Å². The van der Waals surface area contributed by atoms with Crippen LogP contribution in [0.4, 0.5) is 5.82 Å². The highest BCUT2D eigenvalue weighted by atomic mass is 16.1. The second kappa shape index (κ2) is 3.90. The number of hydrogen-bond acceptors (Lipinski definition) is 3. The van der Waals surface area contributed by atoms with Crippen LogP contribution in [0.3, 0.4) is 0 Å². The van der Waals surface area contributed by atoms with E-state index >= 15 is 0 Å². The fourth-order valence-electron chi connectivity index (χ4n) is 1.43. The normalized spacial score (nSPS) is 9.67. The molecule has 0 fully saturated rings. The van der Waals surface area contributed by atoms with Gasteiger partial charge < -0.3 is 0 Å². The van der Waals surface area contributed by atoms with Gasteiger partial charge in [0.05, 0.1) is 5.69 Å². The summed E-state index contributed by atoms with van der Waals surface area (Å²) in [7, 11) is 1.81. The summed E-state index contributed by atoms with van der Waals surface area (Å²) in [5.74, 6) is 0.381. The number of rotatable bonds is 2. The minimum Gasteiger partial charge on any atom is -0.266 e. The van der Waals surface area contributed by atoms with Gasteiger partial charge in [-0.3, -0.25) is 4.68 Å². The average Bonchev–Trinajstić information content (AvgIpc) is 2.61. The molecule has 4 nitrogen and oxygen atoms in total. The Morgan fingerprint density at radius 3 is 2.73 bits per heavy atom. The number of aliphatic imine (C=N–C) groups is 1. The minimum absolute atomic E-state index is 0.381. The molecular weight excluding hydrogens is 190 g/mol. The first-order valence-electron chi connectivity index (χ1n) is 4.48. The molecule has 15 heavy (non-hydrogen) atoms. The van der Waals surface area contributed by atoms with Gasteiger partial charge in [0, 0.05) is 13.1 Å². The molecule has 4 heteroatoms. The van der Waals surface area contributed by atoms with E-state index in [-0.39, 0.29) is 0 Å². The Hall–Kier alpha value is -2.19. The molecule has 0 atom stereocenters. The number of carbonyl (C=O) groups excluding carboxylic acids is 1. The van der Waals surface area contributed by atoms with Gasteiger partial charge in [0.2, 0.25) is 6.08 Å². The number of aryl methyl sites for hydroxylation is 1. The third-order valence-electron chi connectivity index (χ3n) is 2.10. The van der Waals surface area contributed by atoms with Gasteiger partial charge in [-0.25, -0.2) is 4.79 Å². The second-order valence-corrected chi connectivity index (χ2v) is 3.08. The Kier molecular flexibility index (Phi) is 2.44. The molecule has 0 saturated carbocycles. The topological polar surface area (TPSA) is 47.2 Å². The van der Waals surface area contributed by atoms with Crippen LogP contribution in [0.15, 0.2) is 41.4 Å². The fourth-order valence-corrected chi connectivity index (χ4v) is 1.43. The highest BCUT2D eigenvalue weighted by Crippen LogP contribution is 2.22. The SMILES string of the molecule is Cn1nc(N=C=O)cc1-c1ccccc1. The van der Waals surface area contributed by atoms with Crippen LogP contribution in [-0.4, -0.2) is 15.9 Å². The van der Waals surface area contributed by atoms with E-state index in [0.717, 1.165) is 11.3 Å². The molecule has 74 valence electrons. The van der Waals surface area contributed by atoms with Crippen LogP contribution < -0.4 is 0 Å². The molecule has 0 saturated heterocycles. The zero-order valence-electron chi connectivity index (χ0n) is 8.21. The minimum atomic E-state index is 0.381. The van der Waals surface area contributed by atoms with Crippen molar-refractivity contribution in [2.24, 2.45) is 12.0 Å². The first kappa shape index (κ1) is 9.37. The van der Waals surface area contributed by atoms with Crippen molar-refractivity contribution in [3.8, 4) is 11.3 Å². The molecule has 0 spiro atoms. The maximum absolute atomic E-state index is 10.1. The third kappa shape index (κ3) is 1.85. The van der Waals surface area contributed by atoms with Crippen molar-refractivity contribution in [1.29, 1.82) is 0 Å². The van der Waals surface area contributed by atoms with Crippen molar-refractivity contribution >= 4 is 11.9 Å². The quantitative estimate of drug-likeness (QED) is 0.549. The number of nitrogens with zero attached hydrogens (tertiary/aromatic N) is 3. The molecule has 0 unspecified atom stereocenters. The van der Waals surface area contributed by atoms with Gasteiger partial charge in [0.15, 0.2) is 5.82 Å². The highest BCUT2D eigenvalue weighted by molar-refractivity contribution is 5.63. The summed E-state index contributed by atoms with van der Waals surface area (Å²) in [5.41, 5.74) is 1.96. The maximum Gasteiger partial charge on any atom is 0.242 e. The van der Waals surface area contributed by atoms with Crippen LogP contribution in [-0.2, 0) is 11.8 Å². The van der Waals surface area contributed by atoms with Crippen LogP contribution in [0.1, 0.15) is 0 Å². The molecule has 1 heterocycles. The Morgan fingerprint density at radius 1 is 1.33 bits per heavy atom. The smallest absolute Gasteiger partial charge is 0.242 e. The lowest BCUT2D eigenvalue weighted by Gasteiger charge is -1.99. The van der Waals surface area contributed by atoms with E-state index in [1.807, 2.05) is 37.4 Å². The largest absolute Gasteiger partial charge is 0.266 e. The molecule has 0 aliphatic heterocycles. The van der Waals surface area contributed by atoms with Crippen molar-refractivity contribution in [2.75, 3.05) is 0 Å². The van der Waals surface area contributed by atoms with Crippen molar-refractivity contribution < 1.29 is 4.79 Å². The van der Waals surface area contributed by atoms with Gasteiger partial charge >= 0.3 is 0 Å². The highest BCUT2D eigenvalue weighted by Gasteiger charge is 2.05. The van der Waals surface area contributed by atoms with Crippen molar-refractivity contribution in [3.63, 3.8) is 0 Å². The van der Waals surface area contributed by atoms with E-state index in [9.17, 15) is 4.79 Å². The van der Waals surface area contributed by atoms with E-state index < -0.39 is 0 Å². The Balaban J connectivity index is 2.49. The summed E-state index contributed by atoms with van der Waals surface area (Å²) in [4.78, 5) is 13.6. The lowest BCUT2D eigenvalue weighted by molar-refractivity contribution is 0.565. The number of hydrogen-bond donors (Lipinski definition) is 0. The third-order valence-corrected chi connectivity index (χ3v) is 2.10. The van der Waals surface area contributed by atoms with Gasteiger partial charge in [-0.05, 0) is 5.56 Å². The first-order valence-corrected chi connectivity index (χ1v) is 4.48. The van der Waals surface area contributed by atoms with Crippen LogP contribution in [0, 0.1) is 0 Å². The van der Waals surface area contributed by atoms with E-state index in [0.29, 0.717) is 5.82 Å². The summed E-state index contributed by atoms with van der Waals surface area (Å²) in [6, 6.07) is 11.6. The summed E-state index contributed by atoms with van der Waals surface area (Å²) in [6.45, 7) is 0. The lowest BCUT2D eigenvalue weighted by atomic mass is 10.1. The van der Waals surface area contributed by atoms with Crippen molar-refractivity contribution in [3.05, 3.63) is 36.4 Å². The number of aromatic nitrogens is 2. The summed E-state index contributed by atoms with van der Waals surface area (Å²) in [6.07, 6.45) is 1.48. The fraction of sp³-hybridized carbons (Fsp3) is 0.0909. The molecule has 0 N–H and O–H groups in total. The Labute approximate surface area is 86.9 Å². The second-order valence-electron chi connectivity index (χ2n) is 3.08. The van der Waals surface area contributed by atoms with E-state index in [4.69, 9.17) is 0 Å². The molecule has 0 aliphatic rings. The van der Waals surface area contributed by atoms with Gasteiger partial charge in [-0.1, -0.05) is 30.3 Å². The van der Waals surface area contributed by atoms with Gasteiger partial charge in [-0.15, -0.1) is 4.99 Å². The summed E-state index contributed by atoms with van der Waals surface area (Å²) in [5, 5.41) is 4.06. The molecule has 0 bridgehead atoms. The van der Waals surface area contributed by atoms with Crippen LogP contribution >= 0.6 is 0 Å². The van der Waals surface area contributed by atoms with E-state index in [2.05, 4.69) is 10.1 Å². The lowest BCUT2D eigenvalue weighted by Crippen LogP contribution is -1.92. The Bertz CT molecular complexity index is 510. The monoisotopic (exact) mass is 199 g/mol. The molecule has 2 rings (SSSR count). The van der Waals surface area contributed by atoms with Gasteiger partial charge in [0.1, 0.15) is 0 Å². The van der Waals surface area contributed by atoms with Crippen LogP contribution in [0.5, 0.6) is 0 Å². The van der Waals surface area contributed by atoms with E-state index in [1.165, 1.54) is 6.08 Å². The molecule has 1 aromatic heterocycles. The van der Waals surface area contributed by atoms with Crippen molar-refractivity contribution in [2.45, 2.75) is 0 Å². The van der Waals surface area contributed by atoms with Gasteiger partial charge in [-0.2, -0.15) is 5.10 Å². The molecule has 0 amide bonds. The maximum atomic E-state index is 10.1. The molecule has 0 radical (unpaired) electrons. The van der Waals surface area contributed by atoms with Crippen LogP contribution in [0.2, 0.25) is 0 Å². The average molecular weight is 199 g/mol. The first-order chi connectivity index (χ1) is 7.31. The molecule has 2 aromatic rings. The predicted octanol–water partition coefficient (Wildman–Crippen LogP) is 2.05. The molecule has 1 aromatic carbocycles. The molecule has 0 aliphatic carbocycles. The summed E-state index contributed by atoms with van der Waals surface area (Å²) < 4.78 is 1.69. The molecular formula is C11H9N3O. The Morgan fingerprint density at radius 2 is 2.07 bits per heavy atom. The van der Waals surface area contributed by atoms with E-state index in [1.54, 1.807) is 10.7 Å². The van der Waals surface area contributed by atoms with Gasteiger partial charge in [0.25, 0.3) is 0 Å². The number of isocyanates is 1. The predicted molar refractivity (Wildman–Crippen MR) is 56.4 cm³/mol. The number of benzene rings is 1.